The van der Waals surface area contributed by atoms with E-state index in [0.29, 0.717) is 33.7 Å². The number of nitrogens with zero attached hydrogens (tertiary/aromatic N) is 1. The molecule has 4 nitrogen and oxygen atoms in total. The Hall–Kier alpha value is -3.80. The van der Waals surface area contributed by atoms with E-state index in [-0.39, 0.29) is 11.6 Å². The second kappa shape index (κ2) is 10.0. The van der Waals surface area contributed by atoms with Crippen LogP contribution in [0.5, 0.6) is 0 Å². The van der Waals surface area contributed by atoms with Gasteiger partial charge in [-0.2, -0.15) is 0 Å². The molecule has 0 amide bonds. The van der Waals surface area contributed by atoms with Crippen LogP contribution in [-0.4, -0.2) is 30.9 Å². The van der Waals surface area contributed by atoms with E-state index >= 15 is 0 Å². The molecule has 2 aromatic rings. The molecule has 0 atom stereocenters. The number of Topliss-reactive ketones (excluding diaryl/α,β-unsaturated/α-hetero) is 1. The average molecular weight is 426 g/mol. The molecule has 0 fully saturated rings. The first-order valence-electron chi connectivity index (χ1n) is 10.0. The summed E-state index contributed by atoms with van der Waals surface area (Å²) in [6, 6.07) is 9.35. The number of hydrogen-bond acceptors (Lipinski definition) is 4. The molecule has 0 unspecified atom stereocenters. The van der Waals surface area contributed by atoms with Crippen LogP contribution in [0.3, 0.4) is 0 Å². The van der Waals surface area contributed by atoms with Crippen LogP contribution < -0.4 is 5.23 Å². The van der Waals surface area contributed by atoms with Crippen LogP contribution in [0.15, 0.2) is 102 Å². The summed E-state index contributed by atoms with van der Waals surface area (Å²) in [6.45, 7) is 12.0. The van der Waals surface area contributed by atoms with Gasteiger partial charge in [-0.05, 0) is 0 Å². The van der Waals surface area contributed by atoms with Gasteiger partial charge >= 0.3 is 188 Å². The first-order chi connectivity index (χ1) is 15.3. The minimum atomic E-state index is -0.358. The third-order valence-corrected chi connectivity index (χ3v) is 5.05. The third kappa shape index (κ3) is 4.91. The second-order valence-electron chi connectivity index (χ2n) is 7.35. The Kier molecular flexibility index (Phi) is 7.16. The van der Waals surface area contributed by atoms with E-state index in [2.05, 4.69) is 23.4 Å². The summed E-state index contributed by atoms with van der Waals surface area (Å²) in [4.78, 5) is 17.6. The Bertz CT molecular complexity index is 1190. The predicted octanol–water partition coefficient (Wildman–Crippen LogP) is 4.82. The summed E-state index contributed by atoms with van der Waals surface area (Å²) in [5, 5.41) is 3.21. The van der Waals surface area contributed by atoms with Gasteiger partial charge in [0.1, 0.15) is 0 Å². The van der Waals surface area contributed by atoms with Gasteiger partial charge in [0.25, 0.3) is 0 Å². The van der Waals surface area contributed by atoms with E-state index in [0.717, 1.165) is 16.7 Å². The maximum absolute atomic E-state index is 13.5. The van der Waals surface area contributed by atoms with Crippen LogP contribution in [0.2, 0.25) is 0 Å². The van der Waals surface area contributed by atoms with E-state index < -0.39 is 0 Å². The van der Waals surface area contributed by atoms with E-state index in [1.54, 1.807) is 44.6 Å². The molecular weight excluding hydrogens is 402 g/mol. The SMILES string of the molecule is C=C1/C=C(/C(C(=C)C)=C(\C)OC)C=BN/C(c2ccc(F)cc2)=C\1C(=O)c1cccnc1. The number of carbonyl (C=O) groups excluding carboxylic acids is 1. The summed E-state index contributed by atoms with van der Waals surface area (Å²) in [6.07, 6.45) is 4.95. The molecule has 0 bridgehead atoms. The monoisotopic (exact) mass is 426 g/mol. The number of methoxy groups -OCH3 is 1. The Labute approximate surface area is 188 Å². The Morgan fingerprint density at radius 2 is 1.91 bits per heavy atom. The van der Waals surface area contributed by atoms with Crippen molar-refractivity contribution >= 4 is 24.5 Å². The summed E-state index contributed by atoms with van der Waals surface area (Å²) < 4.78 is 19.0. The number of ketones is 1. The summed E-state index contributed by atoms with van der Waals surface area (Å²) in [5.41, 5.74) is 4.90. The van der Waals surface area contributed by atoms with E-state index in [9.17, 15) is 9.18 Å². The number of aromatic nitrogens is 1. The molecule has 1 N–H and O–H groups in total. The number of allylic oxidation sites excluding steroid dienone is 7. The van der Waals surface area contributed by atoms with Crippen molar-refractivity contribution < 1.29 is 13.9 Å². The number of ether oxygens (including phenoxy) is 1. The maximum atomic E-state index is 13.5. The standard InChI is InChI=1S/C26H24BFN2O2/c1-16(2)23(18(4)32-5)21-13-17(3)24(26(31)20-7-6-12-29-15-20)25(30-27-14-21)19-8-10-22(28)11-9-19/h6-15,30H,1,3H2,2,4-5H3/b21-13+,23-18+,25-24+. The Morgan fingerprint density at radius 3 is 2.50 bits per heavy atom. The minimum absolute atomic E-state index is 0.245. The molecule has 0 saturated heterocycles. The fourth-order valence-corrected chi connectivity index (χ4v) is 3.51. The van der Waals surface area contributed by atoms with Crippen molar-refractivity contribution in [2.24, 2.45) is 0 Å². The number of carbonyl (C=O) groups is 1. The van der Waals surface area contributed by atoms with E-state index in [1.165, 1.54) is 18.3 Å². The van der Waals surface area contributed by atoms with Crippen LogP contribution >= 0.6 is 0 Å². The number of halogens is 1. The van der Waals surface area contributed by atoms with Crippen LogP contribution in [-0.2, 0) is 4.74 Å². The molecule has 1 aromatic carbocycles. The molecule has 0 spiro atoms. The normalized spacial score (nSPS) is 18.2. The van der Waals surface area contributed by atoms with Crippen LogP contribution in [0.4, 0.5) is 4.39 Å². The van der Waals surface area contributed by atoms with Crippen LogP contribution in [0.1, 0.15) is 29.8 Å². The zero-order chi connectivity index (χ0) is 23.3. The quantitative estimate of drug-likeness (QED) is 0.312. The fraction of sp³-hybridized carbons (Fsp3) is 0.115. The van der Waals surface area contributed by atoms with Crippen LogP contribution in [0, 0.1) is 5.82 Å². The van der Waals surface area contributed by atoms with E-state index in [1.807, 2.05) is 25.9 Å². The van der Waals surface area contributed by atoms with Gasteiger partial charge in [-0.1, -0.05) is 0 Å². The van der Waals surface area contributed by atoms with Crippen molar-refractivity contribution in [3.05, 3.63) is 119 Å². The topological polar surface area (TPSA) is 51.2 Å². The number of nitrogens with one attached hydrogen (secondary N) is 1. The fourth-order valence-electron chi connectivity index (χ4n) is 3.51. The van der Waals surface area contributed by atoms with Crippen molar-refractivity contribution in [2.45, 2.75) is 13.8 Å². The zero-order valence-corrected chi connectivity index (χ0v) is 18.4. The molecule has 0 radical (unpaired) electrons. The van der Waals surface area contributed by atoms with Gasteiger partial charge < -0.3 is 0 Å². The van der Waals surface area contributed by atoms with E-state index in [4.69, 9.17) is 4.74 Å². The van der Waals surface area contributed by atoms with Gasteiger partial charge in [0.2, 0.25) is 0 Å². The number of hydrogen-bond donors (Lipinski definition) is 1. The Morgan fingerprint density at radius 1 is 1.19 bits per heavy atom. The van der Waals surface area contributed by atoms with Crippen LogP contribution in [0.25, 0.3) is 5.70 Å². The van der Waals surface area contributed by atoms with Gasteiger partial charge in [-0.15, -0.1) is 0 Å². The second-order valence-corrected chi connectivity index (χ2v) is 7.35. The number of rotatable bonds is 6. The van der Waals surface area contributed by atoms with Crippen molar-refractivity contribution in [3.8, 4) is 0 Å². The molecular formula is C26H24BFN2O2. The van der Waals surface area contributed by atoms with Crippen molar-refractivity contribution in [1.29, 1.82) is 0 Å². The average Bonchev–Trinajstić information content (AvgIpc) is 2.77. The summed E-state index contributed by atoms with van der Waals surface area (Å²) in [5.74, 6) is 1.96. The molecule has 1 aliphatic rings. The zero-order valence-electron chi connectivity index (χ0n) is 18.4. The molecule has 0 aliphatic carbocycles. The predicted molar refractivity (Wildman–Crippen MR) is 129 cm³/mol. The molecule has 0 saturated carbocycles. The molecule has 6 heteroatoms. The van der Waals surface area contributed by atoms with Crippen molar-refractivity contribution in [2.75, 3.05) is 7.11 Å². The number of benzene rings is 1. The molecule has 32 heavy (non-hydrogen) atoms. The van der Waals surface area contributed by atoms with Gasteiger partial charge in [0, 0.05) is 0 Å². The first kappa shape index (κ1) is 22.9. The third-order valence-electron chi connectivity index (χ3n) is 5.05. The molecule has 3 rings (SSSR count). The summed E-state index contributed by atoms with van der Waals surface area (Å²) >= 11 is 0. The molecule has 1 aromatic heterocycles. The molecule has 2 heterocycles. The van der Waals surface area contributed by atoms with Gasteiger partial charge in [0.15, 0.2) is 0 Å². The van der Waals surface area contributed by atoms with Crippen molar-refractivity contribution in [1.82, 2.24) is 10.2 Å². The first-order valence-corrected chi connectivity index (χ1v) is 10.0. The van der Waals surface area contributed by atoms with Gasteiger partial charge in [0.05, 0.1) is 0 Å². The Balaban J connectivity index is 2.24. The summed E-state index contributed by atoms with van der Waals surface area (Å²) in [7, 11) is 3.34. The number of pyridine rings is 1. The van der Waals surface area contributed by atoms with Gasteiger partial charge in [-0.25, -0.2) is 0 Å². The van der Waals surface area contributed by atoms with Gasteiger partial charge in [-0.3, -0.25) is 0 Å². The molecule has 160 valence electrons. The molecule has 1 aliphatic heterocycles. The van der Waals surface area contributed by atoms with Crippen molar-refractivity contribution in [3.63, 3.8) is 0 Å².